The molecule has 0 N–H and O–H groups in total. The fraction of sp³-hybridized carbons (Fsp3) is 0.647. The summed E-state index contributed by atoms with van der Waals surface area (Å²) in [7, 11) is -1.49. The molecule has 1 aromatic rings. The van der Waals surface area contributed by atoms with E-state index in [1.54, 1.807) is 25.3 Å². The largest absolute Gasteiger partial charge is 0.449 e. The highest BCUT2D eigenvalue weighted by Gasteiger charge is 2.35. The number of esters is 1. The first-order chi connectivity index (χ1) is 11.8. The predicted molar refractivity (Wildman–Crippen MR) is 95.7 cm³/mol. The molecule has 2 atom stereocenters. The van der Waals surface area contributed by atoms with E-state index in [9.17, 15) is 18.0 Å². The fourth-order valence-corrected chi connectivity index (χ4v) is 6.38. The van der Waals surface area contributed by atoms with Crippen molar-refractivity contribution in [2.75, 3.05) is 18.6 Å². The Bertz CT molecular complexity index is 783. The summed E-state index contributed by atoms with van der Waals surface area (Å²) < 4.78 is 28.6. The lowest BCUT2D eigenvalue weighted by Crippen LogP contribution is -2.44. The van der Waals surface area contributed by atoms with Gasteiger partial charge in [-0.25, -0.2) is 13.2 Å². The number of fused-ring (bicyclic) bond motifs is 1. The standard InChI is InChI=1S/C17H23NO5S2/c1-11(16(19)18(2)12-7-8-25(21,22)10-12)23-17(20)14-9-24-15-6-4-3-5-13(14)15/h9,11-12H,3-8,10H2,1-2H3/t11-,12+/m1/s1. The van der Waals surface area contributed by atoms with E-state index in [2.05, 4.69) is 0 Å². The van der Waals surface area contributed by atoms with E-state index in [4.69, 9.17) is 4.74 Å². The van der Waals surface area contributed by atoms with Crippen LogP contribution in [0.3, 0.4) is 0 Å². The van der Waals surface area contributed by atoms with Gasteiger partial charge in [0.2, 0.25) is 0 Å². The van der Waals surface area contributed by atoms with Crippen molar-refractivity contribution in [3.8, 4) is 0 Å². The van der Waals surface area contributed by atoms with E-state index in [1.165, 1.54) is 9.78 Å². The molecule has 0 saturated carbocycles. The van der Waals surface area contributed by atoms with Gasteiger partial charge in [-0.15, -0.1) is 11.3 Å². The van der Waals surface area contributed by atoms with E-state index < -0.39 is 21.9 Å². The number of hydrogen-bond donors (Lipinski definition) is 0. The monoisotopic (exact) mass is 385 g/mol. The molecule has 3 rings (SSSR count). The van der Waals surface area contributed by atoms with E-state index in [0.717, 1.165) is 31.2 Å². The molecule has 2 heterocycles. The first-order valence-electron chi connectivity index (χ1n) is 8.56. The Morgan fingerprint density at radius 3 is 2.72 bits per heavy atom. The van der Waals surface area contributed by atoms with Gasteiger partial charge in [0.25, 0.3) is 5.91 Å². The molecular formula is C17H23NO5S2. The van der Waals surface area contributed by atoms with Gasteiger partial charge in [-0.1, -0.05) is 0 Å². The summed E-state index contributed by atoms with van der Waals surface area (Å²) in [6.07, 6.45) is 3.60. The zero-order valence-corrected chi connectivity index (χ0v) is 16.1. The molecule has 1 aliphatic heterocycles. The highest BCUT2D eigenvalue weighted by Crippen LogP contribution is 2.31. The molecule has 1 aromatic heterocycles. The van der Waals surface area contributed by atoms with Gasteiger partial charge in [-0.05, 0) is 44.6 Å². The Morgan fingerprint density at radius 1 is 1.32 bits per heavy atom. The third-order valence-corrected chi connectivity index (χ3v) is 7.86. The van der Waals surface area contributed by atoms with Crippen molar-refractivity contribution < 1.29 is 22.7 Å². The molecule has 1 aliphatic carbocycles. The van der Waals surface area contributed by atoms with Crippen LogP contribution in [0.5, 0.6) is 0 Å². The number of aryl methyl sites for hydroxylation is 1. The second-order valence-corrected chi connectivity index (χ2v) is 10.0. The molecule has 138 valence electrons. The maximum atomic E-state index is 12.5. The number of thiophene rings is 1. The zero-order valence-electron chi connectivity index (χ0n) is 14.5. The molecule has 6 nitrogen and oxygen atoms in total. The number of hydrogen-bond acceptors (Lipinski definition) is 6. The van der Waals surface area contributed by atoms with E-state index in [-0.39, 0.29) is 23.5 Å². The molecule has 0 bridgehead atoms. The Labute approximate surface area is 152 Å². The first-order valence-corrected chi connectivity index (χ1v) is 11.3. The van der Waals surface area contributed by atoms with Gasteiger partial charge in [0.15, 0.2) is 15.9 Å². The van der Waals surface area contributed by atoms with Gasteiger partial charge in [0.05, 0.1) is 17.1 Å². The van der Waals surface area contributed by atoms with Crippen LogP contribution in [0, 0.1) is 0 Å². The number of likely N-dealkylation sites (N-methyl/N-ethyl adjacent to an activating group) is 1. The Kier molecular flexibility index (Phi) is 5.20. The third kappa shape index (κ3) is 3.89. The highest BCUT2D eigenvalue weighted by molar-refractivity contribution is 7.91. The zero-order chi connectivity index (χ0) is 18.2. The lowest BCUT2D eigenvalue weighted by atomic mass is 9.96. The Hall–Kier alpha value is -1.41. The van der Waals surface area contributed by atoms with Crippen LogP contribution < -0.4 is 0 Å². The number of ether oxygens (including phenoxy) is 1. The van der Waals surface area contributed by atoms with Gasteiger partial charge in [-0.3, -0.25) is 4.79 Å². The first kappa shape index (κ1) is 18.4. The average molecular weight is 386 g/mol. The summed E-state index contributed by atoms with van der Waals surface area (Å²) in [5, 5.41) is 1.82. The summed E-state index contributed by atoms with van der Waals surface area (Å²) in [6.45, 7) is 1.54. The van der Waals surface area contributed by atoms with Crippen molar-refractivity contribution in [3.05, 3.63) is 21.4 Å². The second kappa shape index (κ2) is 7.07. The number of amides is 1. The van der Waals surface area contributed by atoms with Crippen molar-refractivity contribution >= 4 is 33.1 Å². The normalized spacial score (nSPS) is 22.9. The fourth-order valence-electron chi connectivity index (χ4n) is 3.49. The van der Waals surface area contributed by atoms with Crippen molar-refractivity contribution in [2.24, 2.45) is 0 Å². The minimum atomic E-state index is -3.07. The highest BCUT2D eigenvalue weighted by atomic mass is 32.2. The minimum absolute atomic E-state index is 0.0199. The Morgan fingerprint density at radius 2 is 2.04 bits per heavy atom. The quantitative estimate of drug-likeness (QED) is 0.739. The minimum Gasteiger partial charge on any atom is -0.449 e. The summed E-state index contributed by atoms with van der Waals surface area (Å²) in [5.74, 6) is -0.745. The molecule has 0 unspecified atom stereocenters. The molecule has 8 heteroatoms. The predicted octanol–water partition coefficient (Wildman–Crippen LogP) is 1.82. The number of carbonyl (C=O) groups excluding carboxylic acids is 2. The van der Waals surface area contributed by atoms with Gasteiger partial charge < -0.3 is 9.64 Å². The molecular weight excluding hydrogens is 362 g/mol. The Balaban J connectivity index is 1.63. The number of rotatable bonds is 4. The molecule has 25 heavy (non-hydrogen) atoms. The van der Waals surface area contributed by atoms with E-state index in [0.29, 0.717) is 12.0 Å². The lowest BCUT2D eigenvalue weighted by molar-refractivity contribution is -0.140. The van der Waals surface area contributed by atoms with Crippen LogP contribution in [0.2, 0.25) is 0 Å². The van der Waals surface area contributed by atoms with Crippen molar-refractivity contribution in [1.82, 2.24) is 4.90 Å². The van der Waals surface area contributed by atoms with Crippen molar-refractivity contribution in [1.29, 1.82) is 0 Å². The van der Waals surface area contributed by atoms with Crippen LogP contribution in [0.4, 0.5) is 0 Å². The van der Waals surface area contributed by atoms with E-state index in [1.807, 2.05) is 5.38 Å². The van der Waals surface area contributed by atoms with Crippen LogP contribution in [-0.2, 0) is 32.2 Å². The number of nitrogens with zero attached hydrogens (tertiary/aromatic N) is 1. The van der Waals surface area contributed by atoms with Gasteiger partial charge in [0, 0.05) is 23.3 Å². The molecule has 0 aromatic carbocycles. The topological polar surface area (TPSA) is 80.8 Å². The summed E-state index contributed by atoms with van der Waals surface area (Å²) in [4.78, 5) is 27.6. The van der Waals surface area contributed by atoms with Crippen molar-refractivity contribution in [3.63, 3.8) is 0 Å². The summed E-state index contributed by atoms with van der Waals surface area (Å²) in [5.41, 5.74) is 1.64. The maximum Gasteiger partial charge on any atom is 0.340 e. The molecule has 1 saturated heterocycles. The number of carbonyl (C=O) groups is 2. The van der Waals surface area contributed by atoms with Crippen LogP contribution in [0.25, 0.3) is 0 Å². The molecule has 1 amide bonds. The molecule has 1 fully saturated rings. The smallest absolute Gasteiger partial charge is 0.340 e. The van der Waals surface area contributed by atoms with Crippen LogP contribution in [0.1, 0.15) is 47.0 Å². The third-order valence-electron chi connectivity index (χ3n) is 5.02. The molecule has 2 aliphatic rings. The van der Waals surface area contributed by atoms with Crippen LogP contribution >= 0.6 is 11.3 Å². The SMILES string of the molecule is C[C@@H](OC(=O)c1csc2c1CCCC2)C(=O)N(C)[C@H]1CCS(=O)(=O)C1. The molecule has 0 spiro atoms. The molecule has 0 radical (unpaired) electrons. The number of sulfone groups is 1. The summed E-state index contributed by atoms with van der Waals surface area (Å²) >= 11 is 1.58. The van der Waals surface area contributed by atoms with Gasteiger partial charge in [-0.2, -0.15) is 0 Å². The summed E-state index contributed by atoms with van der Waals surface area (Å²) in [6, 6.07) is -0.340. The second-order valence-electron chi connectivity index (χ2n) is 6.81. The average Bonchev–Trinajstić information content (AvgIpc) is 3.16. The van der Waals surface area contributed by atoms with E-state index >= 15 is 0 Å². The van der Waals surface area contributed by atoms with Gasteiger partial charge >= 0.3 is 5.97 Å². The lowest BCUT2D eigenvalue weighted by Gasteiger charge is -2.26. The van der Waals surface area contributed by atoms with Crippen LogP contribution in [0.15, 0.2) is 5.38 Å². The van der Waals surface area contributed by atoms with Crippen molar-refractivity contribution in [2.45, 2.75) is 51.2 Å². The van der Waals surface area contributed by atoms with Gasteiger partial charge in [0.1, 0.15) is 0 Å². The van der Waals surface area contributed by atoms with Crippen LogP contribution in [-0.4, -0.2) is 55.9 Å². The maximum absolute atomic E-state index is 12.5.